The Morgan fingerprint density at radius 2 is 2.26 bits per heavy atom. The van der Waals surface area contributed by atoms with Gasteiger partial charge in [-0.1, -0.05) is 37.8 Å². The number of rotatable bonds is 4. The number of nitrogens with one attached hydrogen (secondary N) is 1. The summed E-state index contributed by atoms with van der Waals surface area (Å²) in [5, 5.41) is 0.555. The lowest BCUT2D eigenvalue weighted by Crippen LogP contribution is -2.36. The van der Waals surface area contributed by atoms with Crippen molar-refractivity contribution in [3.05, 3.63) is 34.6 Å². The molecule has 1 saturated carbocycles. The van der Waals surface area contributed by atoms with Gasteiger partial charge >= 0.3 is 0 Å². The maximum Gasteiger partial charge on any atom is 0.128 e. The van der Waals surface area contributed by atoms with E-state index in [9.17, 15) is 4.39 Å². The van der Waals surface area contributed by atoms with E-state index < -0.39 is 0 Å². The zero-order valence-corrected chi connectivity index (χ0v) is 12.1. The molecule has 0 saturated heterocycles. The molecule has 1 fully saturated rings. The minimum absolute atomic E-state index is 0.145. The van der Waals surface area contributed by atoms with Gasteiger partial charge in [0.2, 0.25) is 0 Å². The van der Waals surface area contributed by atoms with Gasteiger partial charge in [0.25, 0.3) is 0 Å². The molecular formula is C15H22ClFN2. The predicted molar refractivity (Wildman–Crippen MR) is 77.2 cm³/mol. The molecule has 1 aromatic carbocycles. The molecule has 1 aliphatic rings. The van der Waals surface area contributed by atoms with Gasteiger partial charge in [0.1, 0.15) is 5.82 Å². The minimum atomic E-state index is -0.231. The van der Waals surface area contributed by atoms with Crippen LogP contribution in [0, 0.1) is 17.7 Å². The fourth-order valence-electron chi connectivity index (χ4n) is 3.24. The molecule has 0 amide bonds. The van der Waals surface area contributed by atoms with Crippen LogP contribution in [0.5, 0.6) is 0 Å². The van der Waals surface area contributed by atoms with Crippen LogP contribution in [0.3, 0.4) is 0 Å². The van der Waals surface area contributed by atoms with Gasteiger partial charge in [-0.05, 0) is 42.9 Å². The Morgan fingerprint density at radius 1 is 1.47 bits per heavy atom. The fraction of sp³-hybridized carbons (Fsp3) is 0.600. The minimum Gasteiger partial charge on any atom is -0.271 e. The Labute approximate surface area is 119 Å². The van der Waals surface area contributed by atoms with Crippen molar-refractivity contribution in [2.75, 3.05) is 0 Å². The van der Waals surface area contributed by atoms with Crippen molar-refractivity contribution >= 4 is 11.6 Å². The molecule has 0 aromatic heterocycles. The lowest BCUT2D eigenvalue weighted by Gasteiger charge is -2.34. The predicted octanol–water partition coefficient (Wildman–Crippen LogP) is 4.20. The summed E-state index contributed by atoms with van der Waals surface area (Å²) in [6.07, 6.45) is 5.87. The molecule has 3 N–H and O–H groups in total. The van der Waals surface area contributed by atoms with Crippen LogP contribution in [0.15, 0.2) is 18.2 Å². The maximum absolute atomic E-state index is 14.0. The maximum atomic E-state index is 14.0. The summed E-state index contributed by atoms with van der Waals surface area (Å²) >= 11 is 5.98. The van der Waals surface area contributed by atoms with Gasteiger partial charge in [0.15, 0.2) is 0 Å². The van der Waals surface area contributed by atoms with Gasteiger partial charge in [-0.15, -0.1) is 0 Å². The summed E-state index contributed by atoms with van der Waals surface area (Å²) in [5.41, 5.74) is 3.40. The topological polar surface area (TPSA) is 38.0 Å². The normalized spacial score (nSPS) is 25.3. The van der Waals surface area contributed by atoms with E-state index in [0.717, 1.165) is 18.8 Å². The van der Waals surface area contributed by atoms with E-state index in [1.165, 1.54) is 25.3 Å². The average Bonchev–Trinajstić information content (AvgIpc) is 2.44. The lowest BCUT2D eigenvalue weighted by molar-refractivity contribution is 0.207. The molecule has 0 heterocycles. The zero-order valence-electron chi connectivity index (χ0n) is 11.3. The van der Waals surface area contributed by atoms with Crippen molar-refractivity contribution in [1.82, 2.24) is 5.43 Å². The standard InChI is InChI=1S/C15H22ClFN2/c1-2-10-4-3-5-11(8-10)15(19-18)13-9-12(16)6-7-14(13)17/h6-7,9-11,15,19H,2-5,8,18H2,1H3. The largest absolute Gasteiger partial charge is 0.271 e. The fourth-order valence-corrected chi connectivity index (χ4v) is 3.42. The number of hydrogen-bond acceptors (Lipinski definition) is 2. The van der Waals surface area contributed by atoms with Crippen LogP contribution >= 0.6 is 11.6 Å². The van der Waals surface area contributed by atoms with Gasteiger partial charge in [-0.2, -0.15) is 0 Å². The molecule has 0 aliphatic heterocycles. The van der Waals surface area contributed by atoms with E-state index >= 15 is 0 Å². The monoisotopic (exact) mass is 284 g/mol. The molecule has 0 radical (unpaired) electrons. The molecule has 2 nitrogen and oxygen atoms in total. The highest BCUT2D eigenvalue weighted by molar-refractivity contribution is 6.30. The van der Waals surface area contributed by atoms with Crippen molar-refractivity contribution in [2.45, 2.75) is 45.1 Å². The van der Waals surface area contributed by atoms with E-state index in [-0.39, 0.29) is 11.9 Å². The van der Waals surface area contributed by atoms with Gasteiger partial charge < -0.3 is 0 Å². The Balaban J connectivity index is 2.21. The van der Waals surface area contributed by atoms with Crippen molar-refractivity contribution in [3.8, 4) is 0 Å². The molecule has 0 bridgehead atoms. The summed E-state index contributed by atoms with van der Waals surface area (Å²) in [7, 11) is 0. The summed E-state index contributed by atoms with van der Waals surface area (Å²) in [6.45, 7) is 2.22. The van der Waals surface area contributed by atoms with Gasteiger partial charge in [-0.25, -0.2) is 4.39 Å². The second-order valence-corrected chi connectivity index (χ2v) is 5.95. The molecule has 1 aliphatic carbocycles. The van der Waals surface area contributed by atoms with E-state index in [2.05, 4.69) is 12.3 Å². The number of hydrogen-bond donors (Lipinski definition) is 2. The van der Waals surface area contributed by atoms with Crippen LogP contribution in [0.25, 0.3) is 0 Å². The van der Waals surface area contributed by atoms with Crippen molar-refractivity contribution in [1.29, 1.82) is 0 Å². The third-order valence-electron chi connectivity index (χ3n) is 4.34. The quantitative estimate of drug-likeness (QED) is 0.642. The molecule has 19 heavy (non-hydrogen) atoms. The average molecular weight is 285 g/mol. The third-order valence-corrected chi connectivity index (χ3v) is 4.58. The number of nitrogens with two attached hydrogens (primary N) is 1. The first kappa shape index (κ1) is 14.8. The molecule has 106 valence electrons. The van der Waals surface area contributed by atoms with Gasteiger partial charge in [0, 0.05) is 10.6 Å². The summed E-state index contributed by atoms with van der Waals surface area (Å²) < 4.78 is 14.0. The highest BCUT2D eigenvalue weighted by atomic mass is 35.5. The second kappa shape index (κ2) is 6.69. The highest BCUT2D eigenvalue weighted by Gasteiger charge is 2.29. The van der Waals surface area contributed by atoms with Crippen LogP contribution in [0.4, 0.5) is 4.39 Å². The first-order valence-corrected chi connectivity index (χ1v) is 7.44. The smallest absolute Gasteiger partial charge is 0.128 e. The molecular weight excluding hydrogens is 263 g/mol. The van der Waals surface area contributed by atoms with Crippen LogP contribution in [-0.2, 0) is 0 Å². The van der Waals surface area contributed by atoms with Crippen molar-refractivity contribution in [3.63, 3.8) is 0 Å². The Morgan fingerprint density at radius 3 is 2.95 bits per heavy atom. The lowest BCUT2D eigenvalue weighted by atomic mass is 9.75. The zero-order chi connectivity index (χ0) is 13.8. The van der Waals surface area contributed by atoms with Crippen LogP contribution in [0.2, 0.25) is 5.02 Å². The van der Waals surface area contributed by atoms with Gasteiger partial charge in [-0.3, -0.25) is 11.3 Å². The molecule has 4 heteroatoms. The second-order valence-electron chi connectivity index (χ2n) is 5.51. The third kappa shape index (κ3) is 3.47. The molecule has 3 unspecified atom stereocenters. The van der Waals surface area contributed by atoms with Crippen LogP contribution in [0.1, 0.15) is 50.6 Å². The Bertz CT molecular complexity index is 425. The first-order valence-electron chi connectivity index (χ1n) is 7.06. The highest BCUT2D eigenvalue weighted by Crippen LogP contribution is 2.39. The molecule has 0 spiro atoms. The number of halogens is 2. The summed E-state index contributed by atoms with van der Waals surface area (Å²) in [4.78, 5) is 0. The Kier molecular flexibility index (Phi) is 5.20. The summed E-state index contributed by atoms with van der Waals surface area (Å²) in [5.74, 6) is 6.57. The molecule has 3 atom stereocenters. The van der Waals surface area contributed by atoms with E-state index in [0.29, 0.717) is 16.5 Å². The van der Waals surface area contributed by atoms with E-state index in [4.69, 9.17) is 17.4 Å². The van der Waals surface area contributed by atoms with E-state index in [1.807, 2.05) is 0 Å². The number of hydrazine groups is 1. The number of benzene rings is 1. The first-order chi connectivity index (χ1) is 9.15. The Hall–Kier alpha value is -0.640. The van der Waals surface area contributed by atoms with Crippen LogP contribution in [-0.4, -0.2) is 0 Å². The molecule has 1 aromatic rings. The molecule has 2 rings (SSSR count). The van der Waals surface area contributed by atoms with Gasteiger partial charge in [0.05, 0.1) is 6.04 Å². The van der Waals surface area contributed by atoms with Crippen molar-refractivity contribution in [2.24, 2.45) is 17.7 Å². The van der Waals surface area contributed by atoms with Crippen molar-refractivity contribution < 1.29 is 4.39 Å². The van der Waals surface area contributed by atoms with Crippen LogP contribution < -0.4 is 11.3 Å². The van der Waals surface area contributed by atoms with E-state index in [1.54, 1.807) is 12.1 Å². The SMILES string of the molecule is CCC1CCCC(C(NN)c2cc(Cl)ccc2F)C1. The summed E-state index contributed by atoms with van der Waals surface area (Å²) in [6, 6.07) is 4.54.